The van der Waals surface area contributed by atoms with Gasteiger partial charge in [-0.25, -0.2) is 13.2 Å². The summed E-state index contributed by atoms with van der Waals surface area (Å²) in [5.74, 6) is -1.18. The standard InChI is InChI=1S/C13H17NO5S2/c1-8-3-4-14(10(5-8)13(16)17)12(15)9-6-11(20-7-9)21(2,18)19/h6-8,10H,3-5H2,1-2H3,(H,16,17). The van der Waals surface area contributed by atoms with Crippen LogP contribution in [0.2, 0.25) is 0 Å². The van der Waals surface area contributed by atoms with Crippen LogP contribution in [0, 0.1) is 5.92 Å². The summed E-state index contributed by atoms with van der Waals surface area (Å²) in [5, 5.41) is 10.7. The second-order valence-electron chi connectivity index (χ2n) is 5.41. The first-order valence-electron chi connectivity index (χ1n) is 6.52. The lowest BCUT2D eigenvalue weighted by Gasteiger charge is -2.35. The van der Waals surface area contributed by atoms with Crippen molar-refractivity contribution < 1.29 is 23.1 Å². The summed E-state index contributed by atoms with van der Waals surface area (Å²) in [6, 6.07) is 0.474. The van der Waals surface area contributed by atoms with E-state index in [2.05, 4.69) is 0 Å². The molecule has 2 atom stereocenters. The Labute approximate surface area is 127 Å². The van der Waals surface area contributed by atoms with Crippen LogP contribution in [0.3, 0.4) is 0 Å². The van der Waals surface area contributed by atoms with Gasteiger partial charge in [0, 0.05) is 18.2 Å². The highest BCUT2D eigenvalue weighted by Gasteiger charge is 2.35. The molecule has 1 saturated heterocycles. The number of sulfone groups is 1. The molecule has 0 aromatic carbocycles. The lowest BCUT2D eigenvalue weighted by Crippen LogP contribution is -2.49. The van der Waals surface area contributed by atoms with Gasteiger partial charge >= 0.3 is 5.97 Å². The Morgan fingerprint density at radius 2 is 2.10 bits per heavy atom. The number of hydrogen-bond acceptors (Lipinski definition) is 5. The van der Waals surface area contributed by atoms with Gasteiger partial charge in [-0.05, 0) is 24.8 Å². The SMILES string of the molecule is CC1CCN(C(=O)c2csc(S(C)(=O)=O)c2)C(C(=O)O)C1. The molecule has 1 amide bonds. The Bertz CT molecular complexity index is 664. The van der Waals surface area contributed by atoms with Crippen molar-refractivity contribution in [2.75, 3.05) is 12.8 Å². The number of carboxylic acids is 1. The molecule has 0 saturated carbocycles. The van der Waals surface area contributed by atoms with E-state index in [1.54, 1.807) is 0 Å². The minimum absolute atomic E-state index is 0.114. The van der Waals surface area contributed by atoms with Crippen LogP contribution >= 0.6 is 11.3 Å². The van der Waals surface area contributed by atoms with Gasteiger partial charge < -0.3 is 10.0 Å². The van der Waals surface area contributed by atoms with Gasteiger partial charge in [-0.15, -0.1) is 11.3 Å². The van der Waals surface area contributed by atoms with Crippen molar-refractivity contribution in [3.05, 3.63) is 17.0 Å². The number of carboxylic acid groups (broad SMARTS) is 1. The van der Waals surface area contributed by atoms with Gasteiger partial charge in [-0.2, -0.15) is 0 Å². The van der Waals surface area contributed by atoms with Gasteiger partial charge in [0.15, 0.2) is 9.84 Å². The lowest BCUT2D eigenvalue weighted by atomic mass is 9.92. The number of piperidine rings is 1. The van der Waals surface area contributed by atoms with Gasteiger partial charge in [0.1, 0.15) is 10.3 Å². The Morgan fingerprint density at radius 3 is 2.62 bits per heavy atom. The number of nitrogens with zero attached hydrogens (tertiary/aromatic N) is 1. The van der Waals surface area contributed by atoms with E-state index in [0.29, 0.717) is 13.0 Å². The third-order valence-corrected chi connectivity index (χ3v) is 6.37. The van der Waals surface area contributed by atoms with Gasteiger partial charge in [0.05, 0.1) is 5.56 Å². The fraction of sp³-hybridized carbons (Fsp3) is 0.538. The number of thiophene rings is 1. The quantitative estimate of drug-likeness (QED) is 0.905. The smallest absolute Gasteiger partial charge is 0.326 e. The number of rotatable bonds is 3. The molecular formula is C13H17NO5S2. The van der Waals surface area contributed by atoms with E-state index in [4.69, 9.17) is 0 Å². The summed E-state index contributed by atoms with van der Waals surface area (Å²) < 4.78 is 23.0. The molecule has 8 heteroatoms. The van der Waals surface area contributed by atoms with E-state index in [1.807, 2.05) is 6.92 Å². The zero-order valence-corrected chi connectivity index (χ0v) is 13.4. The fourth-order valence-electron chi connectivity index (χ4n) is 2.41. The molecule has 2 unspecified atom stereocenters. The average molecular weight is 331 g/mol. The van der Waals surface area contributed by atoms with Crippen LogP contribution in [0.4, 0.5) is 0 Å². The summed E-state index contributed by atoms with van der Waals surface area (Å²) in [6.45, 7) is 2.34. The molecule has 1 aliphatic rings. The maximum absolute atomic E-state index is 12.4. The number of aliphatic carboxylic acids is 1. The van der Waals surface area contributed by atoms with Crippen molar-refractivity contribution in [1.82, 2.24) is 4.90 Å². The number of carbonyl (C=O) groups excluding carboxylic acids is 1. The Kier molecular flexibility index (Phi) is 4.38. The van der Waals surface area contributed by atoms with Crippen LogP contribution in [0.1, 0.15) is 30.1 Å². The topological polar surface area (TPSA) is 91.8 Å². The Balaban J connectivity index is 2.26. The van der Waals surface area contributed by atoms with Gasteiger partial charge in [0.25, 0.3) is 5.91 Å². The molecule has 2 heterocycles. The zero-order valence-electron chi connectivity index (χ0n) is 11.8. The molecule has 0 radical (unpaired) electrons. The monoisotopic (exact) mass is 331 g/mol. The van der Waals surface area contributed by atoms with Crippen molar-refractivity contribution in [3.8, 4) is 0 Å². The van der Waals surface area contributed by atoms with Crippen LogP contribution in [-0.4, -0.2) is 49.1 Å². The van der Waals surface area contributed by atoms with Gasteiger partial charge in [-0.1, -0.05) is 6.92 Å². The zero-order chi connectivity index (χ0) is 15.8. The molecule has 6 nitrogen and oxygen atoms in total. The molecule has 1 aromatic rings. The average Bonchev–Trinajstić information content (AvgIpc) is 2.87. The molecule has 1 fully saturated rings. The highest BCUT2D eigenvalue weighted by Crippen LogP contribution is 2.27. The third-order valence-electron chi connectivity index (χ3n) is 3.60. The third kappa shape index (κ3) is 3.44. The molecule has 0 aliphatic carbocycles. The molecule has 21 heavy (non-hydrogen) atoms. The van der Waals surface area contributed by atoms with Crippen molar-refractivity contribution in [2.24, 2.45) is 5.92 Å². The molecular weight excluding hydrogens is 314 g/mol. The molecule has 116 valence electrons. The number of hydrogen-bond donors (Lipinski definition) is 1. The largest absolute Gasteiger partial charge is 0.480 e. The summed E-state index contributed by atoms with van der Waals surface area (Å²) >= 11 is 0.976. The lowest BCUT2D eigenvalue weighted by molar-refractivity contribution is -0.144. The fourth-order valence-corrected chi connectivity index (χ4v) is 4.20. The highest BCUT2D eigenvalue weighted by atomic mass is 32.2. The molecule has 1 aliphatic heterocycles. The maximum atomic E-state index is 12.4. The first kappa shape index (κ1) is 16.0. The van der Waals surface area contributed by atoms with E-state index in [0.717, 1.165) is 24.0 Å². The first-order chi connectivity index (χ1) is 9.70. The van der Waals surface area contributed by atoms with E-state index >= 15 is 0 Å². The number of likely N-dealkylation sites (tertiary alicyclic amines) is 1. The van der Waals surface area contributed by atoms with Crippen molar-refractivity contribution in [1.29, 1.82) is 0 Å². The second-order valence-corrected chi connectivity index (χ2v) is 8.56. The van der Waals surface area contributed by atoms with E-state index in [-0.39, 0.29) is 15.7 Å². The minimum Gasteiger partial charge on any atom is -0.480 e. The van der Waals surface area contributed by atoms with Crippen LogP contribution < -0.4 is 0 Å². The molecule has 1 N–H and O–H groups in total. The number of carbonyl (C=O) groups is 2. The number of amides is 1. The van der Waals surface area contributed by atoms with Gasteiger partial charge in [-0.3, -0.25) is 4.79 Å². The van der Waals surface area contributed by atoms with E-state index < -0.39 is 27.8 Å². The van der Waals surface area contributed by atoms with Crippen LogP contribution in [0.5, 0.6) is 0 Å². The Hall–Kier alpha value is -1.41. The molecule has 0 bridgehead atoms. The van der Waals surface area contributed by atoms with Crippen molar-refractivity contribution in [3.63, 3.8) is 0 Å². The van der Waals surface area contributed by atoms with Crippen LogP contribution in [-0.2, 0) is 14.6 Å². The molecule has 1 aromatic heterocycles. The summed E-state index contributed by atoms with van der Waals surface area (Å²) in [7, 11) is -3.35. The first-order valence-corrected chi connectivity index (χ1v) is 9.29. The summed E-state index contributed by atoms with van der Waals surface area (Å²) in [4.78, 5) is 25.1. The van der Waals surface area contributed by atoms with E-state index in [1.165, 1.54) is 16.3 Å². The molecule has 2 rings (SSSR count). The second kappa shape index (κ2) is 5.76. The summed E-state index contributed by atoms with van der Waals surface area (Å²) in [6.07, 6.45) is 2.25. The van der Waals surface area contributed by atoms with Crippen molar-refractivity contribution in [2.45, 2.75) is 30.0 Å². The van der Waals surface area contributed by atoms with Gasteiger partial charge in [0.2, 0.25) is 0 Å². The van der Waals surface area contributed by atoms with Crippen LogP contribution in [0.25, 0.3) is 0 Å². The minimum atomic E-state index is -3.35. The predicted molar refractivity (Wildman–Crippen MR) is 78.3 cm³/mol. The molecule has 0 spiro atoms. The maximum Gasteiger partial charge on any atom is 0.326 e. The van der Waals surface area contributed by atoms with Crippen LogP contribution in [0.15, 0.2) is 15.7 Å². The summed E-state index contributed by atoms with van der Waals surface area (Å²) in [5.41, 5.74) is 0.237. The highest BCUT2D eigenvalue weighted by molar-refractivity contribution is 7.92. The Morgan fingerprint density at radius 1 is 1.43 bits per heavy atom. The van der Waals surface area contributed by atoms with Crippen molar-refractivity contribution >= 4 is 33.1 Å². The predicted octanol–water partition coefficient (Wildman–Crippen LogP) is 1.48. The normalized spacial score (nSPS) is 23.0. The van der Waals surface area contributed by atoms with E-state index in [9.17, 15) is 23.1 Å².